The van der Waals surface area contributed by atoms with E-state index < -0.39 is 11.9 Å². The van der Waals surface area contributed by atoms with Gasteiger partial charge in [-0.2, -0.15) is 0 Å². The van der Waals surface area contributed by atoms with Crippen molar-refractivity contribution in [3.05, 3.63) is 59.2 Å². The molecule has 2 rings (SSSR count). The van der Waals surface area contributed by atoms with Crippen LogP contribution >= 0.6 is 0 Å². The van der Waals surface area contributed by atoms with E-state index in [2.05, 4.69) is 0 Å². The highest BCUT2D eigenvalue weighted by molar-refractivity contribution is 5.76. The van der Waals surface area contributed by atoms with Crippen molar-refractivity contribution in [2.24, 2.45) is 0 Å². The first kappa shape index (κ1) is 14.9. The molecule has 0 aromatic heterocycles. The Hall–Kier alpha value is -2.49. The predicted octanol–water partition coefficient (Wildman–Crippen LogP) is 3.12. The number of hydrogen-bond acceptors (Lipinski definition) is 3. The molecule has 0 heterocycles. The standard InChI is InChI=1S/C17H18O4/c1-11-3-6-13(7-4-11)14(17(19)20)9-12-5-8-16(21-2)15(18)10-12/h3-8,10,14,18H,9H2,1-2H3,(H,19,20). The van der Waals surface area contributed by atoms with Crippen molar-refractivity contribution in [1.82, 2.24) is 0 Å². The quantitative estimate of drug-likeness (QED) is 0.886. The molecule has 1 unspecified atom stereocenters. The lowest BCUT2D eigenvalue weighted by molar-refractivity contribution is -0.138. The normalized spacial score (nSPS) is 11.9. The molecule has 0 saturated heterocycles. The van der Waals surface area contributed by atoms with E-state index in [-0.39, 0.29) is 5.75 Å². The van der Waals surface area contributed by atoms with Crippen molar-refractivity contribution in [3.8, 4) is 11.5 Å². The van der Waals surface area contributed by atoms with Crippen molar-refractivity contribution in [2.75, 3.05) is 7.11 Å². The van der Waals surface area contributed by atoms with E-state index in [1.807, 2.05) is 31.2 Å². The second-order valence-electron chi connectivity index (χ2n) is 5.01. The van der Waals surface area contributed by atoms with Gasteiger partial charge < -0.3 is 14.9 Å². The van der Waals surface area contributed by atoms with Gasteiger partial charge in [-0.15, -0.1) is 0 Å². The van der Waals surface area contributed by atoms with Gasteiger partial charge in [0.15, 0.2) is 11.5 Å². The monoisotopic (exact) mass is 286 g/mol. The van der Waals surface area contributed by atoms with E-state index in [4.69, 9.17) is 4.74 Å². The number of aryl methyl sites for hydroxylation is 1. The fourth-order valence-corrected chi connectivity index (χ4v) is 2.24. The van der Waals surface area contributed by atoms with Crippen LogP contribution in [0, 0.1) is 6.92 Å². The van der Waals surface area contributed by atoms with Crippen LogP contribution in [0.15, 0.2) is 42.5 Å². The summed E-state index contributed by atoms with van der Waals surface area (Å²) in [6.45, 7) is 1.96. The average Bonchev–Trinajstić information content (AvgIpc) is 2.46. The van der Waals surface area contributed by atoms with Crippen LogP contribution in [0.1, 0.15) is 22.6 Å². The molecule has 0 bridgehead atoms. The molecular weight excluding hydrogens is 268 g/mol. The third-order valence-corrected chi connectivity index (χ3v) is 3.46. The van der Waals surface area contributed by atoms with Crippen molar-refractivity contribution >= 4 is 5.97 Å². The molecule has 0 saturated carbocycles. The Bertz CT molecular complexity index is 632. The molecule has 2 aromatic carbocycles. The Balaban J connectivity index is 2.26. The summed E-state index contributed by atoms with van der Waals surface area (Å²) in [5.41, 5.74) is 2.59. The van der Waals surface area contributed by atoms with Crippen LogP contribution in [0.4, 0.5) is 0 Å². The van der Waals surface area contributed by atoms with Gasteiger partial charge in [-0.25, -0.2) is 0 Å². The van der Waals surface area contributed by atoms with E-state index in [9.17, 15) is 15.0 Å². The molecule has 0 aliphatic carbocycles. The second-order valence-corrected chi connectivity index (χ2v) is 5.01. The van der Waals surface area contributed by atoms with E-state index in [0.717, 1.165) is 16.7 Å². The smallest absolute Gasteiger partial charge is 0.311 e. The summed E-state index contributed by atoms with van der Waals surface area (Å²) in [4.78, 5) is 11.5. The number of methoxy groups -OCH3 is 1. The lowest BCUT2D eigenvalue weighted by Gasteiger charge is -2.14. The van der Waals surface area contributed by atoms with Gasteiger partial charge in [-0.3, -0.25) is 4.79 Å². The zero-order valence-electron chi connectivity index (χ0n) is 12.0. The number of carboxylic acid groups (broad SMARTS) is 1. The minimum Gasteiger partial charge on any atom is -0.504 e. The number of carboxylic acids is 1. The molecule has 21 heavy (non-hydrogen) atoms. The lowest BCUT2D eigenvalue weighted by atomic mass is 9.91. The van der Waals surface area contributed by atoms with Crippen LogP contribution in [0.5, 0.6) is 11.5 Å². The SMILES string of the molecule is COc1ccc(CC(C(=O)O)c2ccc(C)cc2)cc1O. The van der Waals surface area contributed by atoms with Crippen LogP contribution in [0.3, 0.4) is 0 Å². The van der Waals surface area contributed by atoms with E-state index in [0.29, 0.717) is 12.2 Å². The molecule has 0 aliphatic heterocycles. The molecule has 0 radical (unpaired) electrons. The first-order valence-electron chi connectivity index (χ1n) is 6.66. The molecule has 2 N–H and O–H groups in total. The van der Waals surface area contributed by atoms with Crippen LogP contribution < -0.4 is 4.74 Å². The highest BCUT2D eigenvalue weighted by atomic mass is 16.5. The number of benzene rings is 2. The summed E-state index contributed by atoms with van der Waals surface area (Å²) in [7, 11) is 1.47. The fourth-order valence-electron chi connectivity index (χ4n) is 2.24. The van der Waals surface area contributed by atoms with Gasteiger partial charge in [-0.05, 0) is 36.6 Å². The molecule has 2 aromatic rings. The Kier molecular flexibility index (Phi) is 4.48. The molecule has 1 atom stereocenters. The van der Waals surface area contributed by atoms with Crippen LogP contribution in [0.25, 0.3) is 0 Å². The van der Waals surface area contributed by atoms with Crippen molar-refractivity contribution in [2.45, 2.75) is 19.3 Å². The summed E-state index contributed by atoms with van der Waals surface area (Å²) >= 11 is 0. The van der Waals surface area contributed by atoms with Crippen molar-refractivity contribution < 1.29 is 19.7 Å². The molecule has 4 nitrogen and oxygen atoms in total. The minimum atomic E-state index is -0.880. The topological polar surface area (TPSA) is 66.8 Å². The summed E-state index contributed by atoms with van der Waals surface area (Å²) < 4.78 is 4.98. The molecule has 4 heteroatoms. The minimum absolute atomic E-state index is 0.0167. The predicted molar refractivity (Wildman–Crippen MR) is 79.9 cm³/mol. The maximum absolute atomic E-state index is 11.5. The van der Waals surface area contributed by atoms with Crippen molar-refractivity contribution in [3.63, 3.8) is 0 Å². The summed E-state index contributed by atoms with van der Waals surface area (Å²) in [6.07, 6.45) is 0.315. The van der Waals surface area contributed by atoms with Crippen LogP contribution in [-0.4, -0.2) is 23.3 Å². The maximum Gasteiger partial charge on any atom is 0.311 e. The fraction of sp³-hybridized carbons (Fsp3) is 0.235. The summed E-state index contributed by atoms with van der Waals surface area (Å²) in [5.74, 6) is -1.13. The van der Waals surface area contributed by atoms with Gasteiger partial charge in [0, 0.05) is 0 Å². The van der Waals surface area contributed by atoms with E-state index in [1.165, 1.54) is 7.11 Å². The number of hydrogen-bond donors (Lipinski definition) is 2. The highest BCUT2D eigenvalue weighted by Crippen LogP contribution is 2.29. The van der Waals surface area contributed by atoms with Crippen LogP contribution in [0.2, 0.25) is 0 Å². The number of rotatable bonds is 5. The number of phenolic OH excluding ortho intramolecular Hbond substituents is 1. The first-order chi connectivity index (χ1) is 10.0. The number of ether oxygens (including phenoxy) is 1. The zero-order chi connectivity index (χ0) is 15.4. The Morgan fingerprint density at radius 1 is 1.19 bits per heavy atom. The van der Waals surface area contributed by atoms with Gasteiger partial charge in [0.05, 0.1) is 13.0 Å². The van der Waals surface area contributed by atoms with Gasteiger partial charge in [0.25, 0.3) is 0 Å². The molecular formula is C17H18O4. The van der Waals surface area contributed by atoms with Gasteiger partial charge >= 0.3 is 5.97 Å². The highest BCUT2D eigenvalue weighted by Gasteiger charge is 2.20. The first-order valence-corrected chi connectivity index (χ1v) is 6.66. The Morgan fingerprint density at radius 3 is 2.38 bits per heavy atom. The number of carbonyl (C=O) groups is 1. The zero-order valence-corrected chi connectivity index (χ0v) is 12.0. The molecule has 0 spiro atoms. The summed E-state index contributed by atoms with van der Waals surface area (Å²) in [6, 6.07) is 12.4. The van der Waals surface area contributed by atoms with Crippen LogP contribution in [-0.2, 0) is 11.2 Å². The largest absolute Gasteiger partial charge is 0.504 e. The lowest BCUT2D eigenvalue weighted by Crippen LogP contribution is -2.14. The second kappa shape index (κ2) is 6.31. The van der Waals surface area contributed by atoms with Gasteiger partial charge in [0.2, 0.25) is 0 Å². The van der Waals surface area contributed by atoms with Gasteiger partial charge in [-0.1, -0.05) is 35.9 Å². The maximum atomic E-state index is 11.5. The van der Waals surface area contributed by atoms with E-state index in [1.54, 1.807) is 18.2 Å². The Morgan fingerprint density at radius 2 is 1.86 bits per heavy atom. The number of aliphatic carboxylic acids is 1. The molecule has 0 aliphatic rings. The molecule has 0 amide bonds. The molecule has 0 fully saturated rings. The van der Waals surface area contributed by atoms with Gasteiger partial charge in [0.1, 0.15) is 0 Å². The Labute approximate surface area is 123 Å². The number of aromatic hydroxyl groups is 1. The average molecular weight is 286 g/mol. The van der Waals surface area contributed by atoms with Crippen molar-refractivity contribution in [1.29, 1.82) is 0 Å². The number of phenols is 1. The third kappa shape index (κ3) is 3.54. The summed E-state index contributed by atoms with van der Waals surface area (Å²) in [5, 5.41) is 19.2. The van der Waals surface area contributed by atoms with E-state index >= 15 is 0 Å². The third-order valence-electron chi connectivity index (χ3n) is 3.46. The molecule has 110 valence electrons.